The molecule has 2 aromatic carbocycles. The number of aromatic hydroxyl groups is 2. The molecule has 0 unspecified atom stereocenters. The minimum Gasteiger partial charge on any atom is -0.507 e. The number of rotatable bonds is 5. The Hall–Kier alpha value is -3.10. The number of hydrogen-bond acceptors (Lipinski definition) is 12. The minimum absolute atomic E-state index is 0.0188. The van der Waals surface area contributed by atoms with Crippen molar-refractivity contribution >= 4 is 11.6 Å². The summed E-state index contributed by atoms with van der Waals surface area (Å²) in [5, 5.41) is 35.3. The molecule has 0 radical (unpaired) electrons. The van der Waals surface area contributed by atoms with Crippen LogP contribution in [0.15, 0.2) is 18.2 Å². The van der Waals surface area contributed by atoms with Crippen LogP contribution in [0.5, 0.6) is 17.2 Å². The zero-order chi connectivity index (χ0) is 31.9. The van der Waals surface area contributed by atoms with Gasteiger partial charge in [-0.05, 0) is 18.9 Å². The summed E-state index contributed by atoms with van der Waals surface area (Å²) < 4.78 is 35.8. The van der Waals surface area contributed by atoms with Crippen molar-refractivity contribution in [1.29, 1.82) is 0 Å². The van der Waals surface area contributed by atoms with Crippen LogP contribution < -0.4 is 4.74 Å². The number of methoxy groups -OCH3 is 2. The van der Waals surface area contributed by atoms with Crippen molar-refractivity contribution in [2.75, 3.05) is 27.4 Å². The molecule has 3 aliphatic heterocycles. The largest absolute Gasteiger partial charge is 0.507 e. The van der Waals surface area contributed by atoms with Gasteiger partial charge in [0.1, 0.15) is 23.4 Å². The summed E-state index contributed by atoms with van der Waals surface area (Å²) in [5.41, 5.74) is -1.51. The number of nitrogens with zero attached hydrogens (tertiary/aromatic N) is 1. The minimum atomic E-state index is -1.35. The first-order chi connectivity index (χ1) is 21.5. The van der Waals surface area contributed by atoms with Gasteiger partial charge < -0.3 is 43.7 Å². The van der Waals surface area contributed by atoms with Crippen LogP contribution >= 0.6 is 0 Å². The topological polar surface area (TPSA) is 153 Å². The SMILES string of the molecule is COc1cccc2c1C(=O)c1c(O)c3c(c(O)c1C2=O)C[C@@](O)(C(C)C)C[C@@H]3O[C@H]1C[C@H]2[C@H](O[C@@H]3[C@@H](OC)OCCN32)[C@H](C)O1. The summed E-state index contributed by atoms with van der Waals surface area (Å²) in [6.07, 6.45) is -2.82. The van der Waals surface area contributed by atoms with E-state index < -0.39 is 47.4 Å². The van der Waals surface area contributed by atoms with Crippen molar-refractivity contribution in [2.24, 2.45) is 5.92 Å². The summed E-state index contributed by atoms with van der Waals surface area (Å²) in [4.78, 5) is 29.9. The van der Waals surface area contributed by atoms with Gasteiger partial charge in [-0.25, -0.2) is 0 Å². The normalized spacial score (nSPS) is 34.2. The lowest BCUT2D eigenvalue weighted by Gasteiger charge is -2.45. The first kappa shape index (κ1) is 30.5. The fourth-order valence-corrected chi connectivity index (χ4v) is 7.80. The standard InChI is InChI=1S/C33H39NO11/c1-14(2)33(39)12-17-23(29(38)25-24(27(17)36)26(35)16-7-6-8-19(40-4)22(16)28(25)37)20(13-33)44-21-11-18-30(15(3)43-21)45-31-32(41-5)42-10-9-34(18)31/h6-8,14-15,18,20-21,30-32,36,38-39H,9-13H2,1-5H3/t15-,18-,20-,21-,30+,31+,32-,33-/m0/s1. The van der Waals surface area contributed by atoms with E-state index in [9.17, 15) is 24.9 Å². The Bertz CT molecular complexity index is 1560. The zero-order valence-electron chi connectivity index (χ0n) is 25.9. The highest BCUT2D eigenvalue weighted by Gasteiger charge is 2.55. The van der Waals surface area contributed by atoms with E-state index in [1.165, 1.54) is 13.2 Å². The van der Waals surface area contributed by atoms with E-state index in [1.807, 2.05) is 20.8 Å². The Morgan fingerprint density at radius 3 is 2.51 bits per heavy atom. The lowest BCUT2D eigenvalue weighted by Crippen LogP contribution is -2.55. The Morgan fingerprint density at radius 1 is 1.04 bits per heavy atom. The Labute approximate surface area is 260 Å². The third-order valence-electron chi connectivity index (χ3n) is 10.3. The number of ether oxygens (including phenoxy) is 6. The summed E-state index contributed by atoms with van der Waals surface area (Å²) in [6, 6.07) is 4.58. The van der Waals surface area contributed by atoms with Crippen LogP contribution in [0.1, 0.15) is 82.7 Å². The predicted molar refractivity (Wildman–Crippen MR) is 156 cm³/mol. The molecule has 2 aliphatic carbocycles. The molecule has 5 aliphatic rings. The molecule has 242 valence electrons. The number of phenolic OH excluding ortho intramolecular Hbond substituents is 2. The van der Waals surface area contributed by atoms with Gasteiger partial charge in [-0.3, -0.25) is 14.5 Å². The predicted octanol–water partition coefficient (Wildman–Crippen LogP) is 2.81. The molecule has 0 bridgehead atoms. The van der Waals surface area contributed by atoms with E-state index in [2.05, 4.69) is 4.90 Å². The fraction of sp³-hybridized carbons (Fsp3) is 0.576. The van der Waals surface area contributed by atoms with Gasteiger partial charge in [-0.1, -0.05) is 26.0 Å². The number of aliphatic hydroxyl groups is 1. The highest BCUT2D eigenvalue weighted by molar-refractivity contribution is 6.31. The quantitative estimate of drug-likeness (QED) is 0.358. The maximum absolute atomic E-state index is 13.9. The molecule has 3 N–H and O–H groups in total. The maximum Gasteiger partial charge on any atom is 0.202 e. The third-order valence-corrected chi connectivity index (χ3v) is 10.3. The zero-order valence-corrected chi connectivity index (χ0v) is 25.9. The van der Waals surface area contributed by atoms with Crippen molar-refractivity contribution < 1.29 is 53.3 Å². The number of carbonyl (C=O) groups excluding carboxylic acids is 2. The number of morpholine rings is 1. The summed E-state index contributed by atoms with van der Waals surface area (Å²) >= 11 is 0. The van der Waals surface area contributed by atoms with Crippen LogP contribution in [-0.4, -0.2) is 102 Å². The maximum atomic E-state index is 13.9. The lowest BCUT2D eigenvalue weighted by atomic mass is 9.70. The van der Waals surface area contributed by atoms with Gasteiger partial charge in [0.2, 0.25) is 5.78 Å². The van der Waals surface area contributed by atoms with E-state index in [0.717, 1.165) is 0 Å². The second kappa shape index (κ2) is 11.0. The van der Waals surface area contributed by atoms with Crippen molar-refractivity contribution in [3.05, 3.63) is 51.6 Å². The molecule has 0 amide bonds. The summed E-state index contributed by atoms with van der Waals surface area (Å²) in [6.45, 7) is 6.76. The van der Waals surface area contributed by atoms with E-state index >= 15 is 0 Å². The summed E-state index contributed by atoms with van der Waals surface area (Å²) in [7, 11) is 2.97. The van der Waals surface area contributed by atoms with Crippen LogP contribution in [0.3, 0.4) is 0 Å². The number of ketones is 2. The van der Waals surface area contributed by atoms with Gasteiger partial charge in [-0.2, -0.15) is 0 Å². The fourth-order valence-electron chi connectivity index (χ4n) is 7.80. The van der Waals surface area contributed by atoms with Gasteiger partial charge >= 0.3 is 0 Å². The molecule has 0 spiro atoms. The molecule has 45 heavy (non-hydrogen) atoms. The van der Waals surface area contributed by atoms with E-state index in [-0.39, 0.29) is 82.4 Å². The molecule has 12 heteroatoms. The molecule has 3 fully saturated rings. The first-order valence-corrected chi connectivity index (χ1v) is 15.4. The molecular weight excluding hydrogens is 586 g/mol. The molecule has 8 atom stereocenters. The average molecular weight is 626 g/mol. The molecular formula is C33H39NO11. The van der Waals surface area contributed by atoms with Crippen molar-refractivity contribution in [3.8, 4) is 17.2 Å². The van der Waals surface area contributed by atoms with Crippen LogP contribution in [0.2, 0.25) is 0 Å². The van der Waals surface area contributed by atoms with Gasteiger partial charge in [0.15, 0.2) is 24.6 Å². The number of benzene rings is 2. The van der Waals surface area contributed by atoms with Crippen LogP contribution in [0, 0.1) is 5.92 Å². The van der Waals surface area contributed by atoms with Crippen LogP contribution in [0.25, 0.3) is 0 Å². The number of hydrogen-bond donors (Lipinski definition) is 3. The van der Waals surface area contributed by atoms with E-state index in [1.54, 1.807) is 19.2 Å². The molecule has 0 aromatic heterocycles. The van der Waals surface area contributed by atoms with Crippen molar-refractivity contribution in [2.45, 2.75) is 88.8 Å². The third kappa shape index (κ3) is 4.53. The van der Waals surface area contributed by atoms with Crippen LogP contribution in [-0.2, 0) is 30.1 Å². The molecule has 2 aromatic rings. The van der Waals surface area contributed by atoms with E-state index in [0.29, 0.717) is 19.6 Å². The van der Waals surface area contributed by atoms with Gasteiger partial charge in [-0.15, -0.1) is 0 Å². The number of fused-ring (bicyclic) bond motifs is 6. The molecule has 3 saturated heterocycles. The van der Waals surface area contributed by atoms with E-state index in [4.69, 9.17) is 28.4 Å². The second-order valence-electron chi connectivity index (χ2n) is 12.9. The smallest absolute Gasteiger partial charge is 0.202 e. The monoisotopic (exact) mass is 625 g/mol. The number of carbonyl (C=O) groups is 2. The Kier molecular flexibility index (Phi) is 7.47. The molecule has 0 saturated carbocycles. The van der Waals surface area contributed by atoms with Crippen molar-refractivity contribution in [1.82, 2.24) is 4.90 Å². The first-order valence-electron chi connectivity index (χ1n) is 15.4. The molecule has 7 rings (SSSR count). The molecule has 12 nitrogen and oxygen atoms in total. The highest BCUT2D eigenvalue weighted by Crippen LogP contribution is 2.54. The Balaban J connectivity index is 1.29. The van der Waals surface area contributed by atoms with Gasteiger partial charge in [0.05, 0.1) is 48.2 Å². The van der Waals surface area contributed by atoms with Crippen LogP contribution in [0.4, 0.5) is 0 Å². The van der Waals surface area contributed by atoms with Gasteiger partial charge in [0.25, 0.3) is 0 Å². The lowest BCUT2D eigenvalue weighted by molar-refractivity contribution is -0.257. The highest BCUT2D eigenvalue weighted by atomic mass is 16.7. The van der Waals surface area contributed by atoms with Crippen molar-refractivity contribution in [3.63, 3.8) is 0 Å². The summed E-state index contributed by atoms with van der Waals surface area (Å²) in [5.74, 6) is -2.24. The second-order valence-corrected chi connectivity index (χ2v) is 12.9. The van der Waals surface area contributed by atoms with Gasteiger partial charge in [0, 0.05) is 55.6 Å². The molecule has 3 heterocycles. The number of phenols is 2. The average Bonchev–Trinajstić information content (AvgIpc) is 3.40. The Morgan fingerprint density at radius 2 is 1.80 bits per heavy atom.